The number of pyridine rings is 1. The summed E-state index contributed by atoms with van der Waals surface area (Å²) in [5.41, 5.74) is 3.02. The normalized spacial score (nSPS) is 21.6. The molecule has 2 aliphatic rings. The minimum atomic E-state index is -1.09. The molecule has 0 bridgehead atoms. The lowest BCUT2D eigenvalue weighted by Crippen LogP contribution is -2.46. The van der Waals surface area contributed by atoms with Gasteiger partial charge in [0.15, 0.2) is 0 Å². The maximum Gasteiger partial charge on any atom is 0.204 e. The zero-order valence-corrected chi connectivity index (χ0v) is 23.5. The van der Waals surface area contributed by atoms with E-state index < -0.39 is 5.79 Å². The molecule has 2 fully saturated rings. The number of ether oxygens (including phenoxy) is 3. The Morgan fingerprint density at radius 3 is 2.55 bits per heavy atom. The van der Waals surface area contributed by atoms with Crippen molar-refractivity contribution in [3.05, 3.63) is 106 Å². The number of imidazole rings is 1. The molecule has 0 saturated carbocycles. The first-order valence-corrected chi connectivity index (χ1v) is 14.2. The SMILES string of the molecule is Clc1ccc(C2(Cc3ncc[nH]3)OCC(COc3ccc(N4CCN(Cc5ccccn5)CC4)cc3)O2)c(Cl)c1. The summed E-state index contributed by atoms with van der Waals surface area (Å²) in [6.45, 7) is 5.56. The Kier molecular flexibility index (Phi) is 8.22. The van der Waals surface area contributed by atoms with Gasteiger partial charge in [-0.1, -0.05) is 35.3 Å². The van der Waals surface area contributed by atoms with Gasteiger partial charge in [0.25, 0.3) is 0 Å². The summed E-state index contributed by atoms with van der Waals surface area (Å²) in [5, 5.41) is 1.03. The number of aromatic nitrogens is 3. The van der Waals surface area contributed by atoms with Gasteiger partial charge in [-0.05, 0) is 48.5 Å². The highest BCUT2D eigenvalue weighted by Crippen LogP contribution is 2.41. The van der Waals surface area contributed by atoms with Crippen molar-refractivity contribution in [3.63, 3.8) is 0 Å². The molecule has 4 aromatic rings. The van der Waals surface area contributed by atoms with Crippen LogP contribution in [0.25, 0.3) is 0 Å². The average molecular weight is 581 g/mol. The zero-order chi connectivity index (χ0) is 27.4. The number of nitrogens with zero attached hydrogens (tertiary/aromatic N) is 4. The van der Waals surface area contributed by atoms with Crippen molar-refractivity contribution in [2.24, 2.45) is 0 Å². The lowest BCUT2D eigenvalue weighted by molar-refractivity contribution is -0.179. The molecule has 4 heterocycles. The first-order chi connectivity index (χ1) is 19.6. The van der Waals surface area contributed by atoms with Crippen LogP contribution in [-0.2, 0) is 28.2 Å². The molecular formula is C30H31Cl2N5O3. The van der Waals surface area contributed by atoms with Crippen molar-refractivity contribution < 1.29 is 14.2 Å². The Morgan fingerprint density at radius 1 is 0.975 bits per heavy atom. The maximum atomic E-state index is 6.57. The topological polar surface area (TPSA) is 75.7 Å². The molecule has 2 aromatic carbocycles. The van der Waals surface area contributed by atoms with Crippen molar-refractivity contribution in [3.8, 4) is 5.75 Å². The van der Waals surface area contributed by atoms with Gasteiger partial charge >= 0.3 is 0 Å². The number of H-pyrrole nitrogens is 1. The van der Waals surface area contributed by atoms with Crippen LogP contribution in [0.5, 0.6) is 5.75 Å². The van der Waals surface area contributed by atoms with Crippen LogP contribution in [0.2, 0.25) is 10.0 Å². The number of benzene rings is 2. The molecule has 0 radical (unpaired) electrons. The van der Waals surface area contributed by atoms with E-state index in [1.807, 2.05) is 36.5 Å². The van der Waals surface area contributed by atoms with Gasteiger partial charge in [-0.15, -0.1) is 0 Å². The molecule has 0 aliphatic carbocycles. The van der Waals surface area contributed by atoms with E-state index >= 15 is 0 Å². The molecule has 2 aliphatic heterocycles. The highest BCUT2D eigenvalue weighted by atomic mass is 35.5. The summed E-state index contributed by atoms with van der Waals surface area (Å²) >= 11 is 12.7. The Labute approximate surface area is 243 Å². The summed E-state index contributed by atoms with van der Waals surface area (Å²) in [5.74, 6) is 0.436. The summed E-state index contributed by atoms with van der Waals surface area (Å²) in [6, 6.07) is 19.7. The first-order valence-electron chi connectivity index (χ1n) is 13.4. The highest BCUT2D eigenvalue weighted by Gasteiger charge is 2.45. The predicted octanol–water partition coefficient (Wildman–Crippen LogP) is 5.32. The lowest BCUT2D eigenvalue weighted by atomic mass is 10.0. The quantitative estimate of drug-likeness (QED) is 0.287. The van der Waals surface area contributed by atoms with Crippen LogP contribution in [-0.4, -0.2) is 65.3 Å². The predicted molar refractivity (Wildman–Crippen MR) is 155 cm³/mol. The second-order valence-electron chi connectivity index (χ2n) is 10.0. The third kappa shape index (κ3) is 6.27. The monoisotopic (exact) mass is 579 g/mol. The van der Waals surface area contributed by atoms with Gasteiger partial charge in [-0.2, -0.15) is 0 Å². The fourth-order valence-electron chi connectivity index (χ4n) is 5.22. The molecule has 40 heavy (non-hydrogen) atoms. The molecule has 6 rings (SSSR count). The fourth-order valence-corrected chi connectivity index (χ4v) is 5.77. The summed E-state index contributed by atoms with van der Waals surface area (Å²) in [6.07, 6.45) is 5.42. The number of nitrogens with one attached hydrogen (secondary N) is 1. The van der Waals surface area contributed by atoms with Crippen LogP contribution in [0.3, 0.4) is 0 Å². The molecule has 2 saturated heterocycles. The van der Waals surface area contributed by atoms with E-state index in [0.29, 0.717) is 35.2 Å². The van der Waals surface area contributed by atoms with E-state index in [4.69, 9.17) is 37.4 Å². The number of aromatic amines is 1. The maximum absolute atomic E-state index is 6.57. The average Bonchev–Trinajstić information content (AvgIpc) is 3.64. The molecule has 0 amide bonds. The van der Waals surface area contributed by atoms with Crippen molar-refractivity contribution in [2.45, 2.75) is 24.9 Å². The van der Waals surface area contributed by atoms with Crippen molar-refractivity contribution >= 4 is 28.9 Å². The van der Waals surface area contributed by atoms with E-state index in [-0.39, 0.29) is 6.10 Å². The molecule has 1 N–H and O–H groups in total. The summed E-state index contributed by atoms with van der Waals surface area (Å²) < 4.78 is 18.8. The molecule has 2 atom stereocenters. The minimum absolute atomic E-state index is 0.284. The van der Waals surface area contributed by atoms with Crippen molar-refractivity contribution in [1.82, 2.24) is 19.9 Å². The van der Waals surface area contributed by atoms with Crippen LogP contribution < -0.4 is 9.64 Å². The lowest BCUT2D eigenvalue weighted by Gasteiger charge is -2.36. The second-order valence-corrected chi connectivity index (χ2v) is 10.9. The molecule has 10 heteroatoms. The molecule has 208 valence electrons. The number of anilines is 1. The molecule has 2 unspecified atom stereocenters. The Balaban J connectivity index is 1.04. The van der Waals surface area contributed by atoms with Crippen LogP contribution in [0.15, 0.2) is 79.3 Å². The summed E-state index contributed by atoms with van der Waals surface area (Å²) in [4.78, 5) is 16.8. The molecular weight excluding hydrogens is 549 g/mol. The summed E-state index contributed by atoms with van der Waals surface area (Å²) in [7, 11) is 0. The van der Waals surface area contributed by atoms with Gasteiger partial charge < -0.3 is 24.1 Å². The molecule has 8 nitrogen and oxygen atoms in total. The smallest absolute Gasteiger partial charge is 0.204 e. The van der Waals surface area contributed by atoms with E-state index in [1.165, 1.54) is 5.69 Å². The van der Waals surface area contributed by atoms with Gasteiger partial charge in [0.2, 0.25) is 5.79 Å². The van der Waals surface area contributed by atoms with E-state index in [1.54, 1.807) is 24.5 Å². The van der Waals surface area contributed by atoms with Crippen LogP contribution in [0, 0.1) is 0 Å². The zero-order valence-electron chi connectivity index (χ0n) is 22.0. The minimum Gasteiger partial charge on any atom is -0.491 e. The molecule has 0 spiro atoms. The van der Waals surface area contributed by atoms with Crippen LogP contribution in [0.4, 0.5) is 5.69 Å². The van der Waals surface area contributed by atoms with Crippen molar-refractivity contribution in [1.29, 1.82) is 0 Å². The third-order valence-electron chi connectivity index (χ3n) is 7.28. The van der Waals surface area contributed by atoms with Gasteiger partial charge in [-0.25, -0.2) is 4.98 Å². The van der Waals surface area contributed by atoms with Gasteiger partial charge in [0.1, 0.15) is 24.3 Å². The van der Waals surface area contributed by atoms with Crippen LogP contribution >= 0.6 is 23.2 Å². The van der Waals surface area contributed by atoms with Gasteiger partial charge in [0.05, 0.1) is 23.7 Å². The first kappa shape index (κ1) is 27.1. The van der Waals surface area contributed by atoms with E-state index in [2.05, 4.69) is 43.0 Å². The van der Waals surface area contributed by atoms with Gasteiger partial charge in [-0.3, -0.25) is 9.88 Å². The number of hydrogen-bond acceptors (Lipinski definition) is 7. The Bertz CT molecular complexity index is 1380. The van der Waals surface area contributed by atoms with Crippen LogP contribution in [0.1, 0.15) is 17.1 Å². The number of piperazine rings is 1. The fraction of sp³-hybridized carbons (Fsp3) is 0.333. The molecule has 2 aromatic heterocycles. The van der Waals surface area contributed by atoms with Crippen molar-refractivity contribution in [2.75, 3.05) is 44.3 Å². The standard InChI is InChI=1S/C30H31Cl2N5O3/c31-22-4-9-27(28(32)17-22)30(18-29-34-11-12-35-29)39-21-26(40-30)20-38-25-7-5-24(6-8-25)37-15-13-36(14-16-37)19-23-3-1-2-10-33-23/h1-12,17,26H,13-16,18-21H2,(H,34,35). The number of hydrogen-bond donors (Lipinski definition) is 1. The number of halogens is 2. The second kappa shape index (κ2) is 12.2. The Morgan fingerprint density at radius 2 is 1.82 bits per heavy atom. The highest BCUT2D eigenvalue weighted by molar-refractivity contribution is 6.35. The largest absolute Gasteiger partial charge is 0.491 e. The third-order valence-corrected chi connectivity index (χ3v) is 7.83. The number of rotatable bonds is 9. The van der Waals surface area contributed by atoms with E-state index in [0.717, 1.165) is 50.0 Å². The van der Waals surface area contributed by atoms with E-state index in [9.17, 15) is 0 Å². The van der Waals surface area contributed by atoms with Gasteiger partial charge in [0, 0.05) is 67.6 Å². The Hall–Kier alpha value is -3.14.